The largest absolute Gasteiger partial charge is 0.453 e. The van der Waals surface area contributed by atoms with Crippen LogP contribution in [0, 0.1) is 11.8 Å². The van der Waals surface area contributed by atoms with Crippen LogP contribution in [-0.2, 0) is 19.1 Å². The molecule has 1 unspecified atom stereocenters. The maximum Gasteiger partial charge on any atom is 0.407 e. The number of carbonyl (C=O) groups excluding carboxylic acids is 4. The first-order valence-electron chi connectivity index (χ1n) is 19.5. The molecule has 4 amide bonds. The second-order valence-corrected chi connectivity index (χ2v) is 16.5. The third-order valence-electron chi connectivity index (χ3n) is 11.0. The Balaban J connectivity index is 1.04. The zero-order chi connectivity index (χ0) is 40.4. The Morgan fingerprint density at radius 1 is 0.684 bits per heavy atom. The average molecular weight is 795 g/mol. The number of aromatic nitrogens is 4. The van der Waals surface area contributed by atoms with E-state index in [-0.39, 0.29) is 35.7 Å². The summed E-state index contributed by atoms with van der Waals surface area (Å²) in [5.41, 5.74) is 3.86. The van der Waals surface area contributed by atoms with Gasteiger partial charge in [-0.25, -0.2) is 19.6 Å². The molecule has 0 bridgehead atoms. The fourth-order valence-electron chi connectivity index (χ4n) is 7.87. The predicted molar refractivity (Wildman–Crippen MR) is 218 cm³/mol. The maximum atomic E-state index is 13.6. The summed E-state index contributed by atoms with van der Waals surface area (Å²) in [6.45, 7) is 8.81. The lowest BCUT2D eigenvalue weighted by Crippen LogP contribution is -2.51. The van der Waals surface area contributed by atoms with E-state index in [1.54, 1.807) is 11.3 Å². The van der Waals surface area contributed by atoms with Crippen molar-refractivity contribution in [2.24, 2.45) is 11.8 Å². The third kappa shape index (κ3) is 8.24. The van der Waals surface area contributed by atoms with Crippen molar-refractivity contribution in [3.8, 4) is 32.3 Å². The Bertz CT molecular complexity index is 2260. The number of nitrogens with zero attached hydrogens (tertiary/aromatic N) is 4. The summed E-state index contributed by atoms with van der Waals surface area (Å²) < 4.78 is 9.53. The standard InChI is InChI=1S/C42H50N8O6S/c1-23(2)35(47-41(53)55-5)39(51)49-17-7-9-31(49)37-43-21-29(45-37)27-13-11-26-20-28(14-12-25(26)19-27)33-15-16-34(57-33)30-22-44-38(46-30)32-10-8-18-50(32)40(52)36(24(3)4)48-42(54)56-6/h11-16,19-24,31-32,35-36H,7-10,17-18H2,1-6H3,(H,43,45)(H,44,46)(H,47,53)(H,48,54)/t31-,32-,35-,36?/m0/s1. The van der Waals surface area contributed by atoms with Gasteiger partial charge in [-0.15, -0.1) is 11.3 Å². The Hall–Kier alpha value is -5.70. The Morgan fingerprint density at radius 3 is 1.68 bits per heavy atom. The quantitative estimate of drug-likeness (QED) is 0.107. The molecular formula is C42H50N8O6S. The SMILES string of the molecule is COC(=O)NC(C(=O)N1CCC[C@H]1c1ncc(-c2ccc(-c3ccc4cc(-c5cnc([C@@H]6CCCN6C(=O)[C@@H](NC(=O)OC)C(C)C)[nH]5)ccc4c3)s2)[nH]1)C(C)C. The average Bonchev–Trinajstić information content (AvgIpc) is 4.06. The van der Waals surface area contributed by atoms with E-state index in [1.165, 1.54) is 14.2 Å². The topological polar surface area (TPSA) is 175 Å². The molecule has 15 heteroatoms. The number of benzene rings is 2. The summed E-state index contributed by atoms with van der Waals surface area (Å²) in [5.74, 6) is 0.980. The third-order valence-corrected chi connectivity index (χ3v) is 12.2. The molecule has 4 N–H and O–H groups in total. The van der Waals surface area contributed by atoms with Crippen molar-refractivity contribution in [3.05, 3.63) is 72.6 Å². The van der Waals surface area contributed by atoms with Gasteiger partial charge in [0.2, 0.25) is 11.8 Å². The monoisotopic (exact) mass is 794 g/mol. The van der Waals surface area contributed by atoms with Gasteiger partial charge >= 0.3 is 12.2 Å². The summed E-state index contributed by atoms with van der Waals surface area (Å²) in [6, 6.07) is 15.2. The lowest BCUT2D eigenvalue weighted by molar-refractivity contribution is -0.136. The van der Waals surface area contributed by atoms with Gasteiger partial charge in [0.25, 0.3) is 0 Å². The number of likely N-dealkylation sites (tertiary alicyclic amines) is 2. The minimum atomic E-state index is -0.688. The Labute approximate surface area is 335 Å². The van der Waals surface area contributed by atoms with Gasteiger partial charge in [-0.1, -0.05) is 52.0 Å². The number of H-pyrrole nitrogens is 2. The van der Waals surface area contributed by atoms with Crippen molar-refractivity contribution in [2.45, 2.75) is 77.5 Å². The van der Waals surface area contributed by atoms with Crippen LogP contribution in [0.2, 0.25) is 0 Å². The molecule has 5 heterocycles. The van der Waals surface area contributed by atoms with Crippen LogP contribution in [0.1, 0.15) is 77.1 Å². The van der Waals surface area contributed by atoms with Crippen LogP contribution >= 0.6 is 11.3 Å². The fourth-order valence-corrected chi connectivity index (χ4v) is 8.84. The highest BCUT2D eigenvalue weighted by molar-refractivity contribution is 7.18. The van der Waals surface area contributed by atoms with Crippen molar-refractivity contribution in [1.29, 1.82) is 0 Å². The van der Waals surface area contributed by atoms with Gasteiger partial charge in [0.15, 0.2) is 0 Å². The summed E-state index contributed by atoms with van der Waals surface area (Å²) >= 11 is 1.67. The highest BCUT2D eigenvalue weighted by atomic mass is 32.1. The number of carbonyl (C=O) groups is 4. The second-order valence-electron chi connectivity index (χ2n) is 15.4. The van der Waals surface area contributed by atoms with Gasteiger partial charge in [0, 0.05) is 23.5 Å². The van der Waals surface area contributed by atoms with E-state index in [2.05, 4.69) is 69.1 Å². The number of ether oxygens (including phenoxy) is 2. The van der Waals surface area contributed by atoms with Gasteiger partial charge in [0.1, 0.15) is 23.7 Å². The van der Waals surface area contributed by atoms with Gasteiger partial charge in [0.05, 0.1) is 55.0 Å². The van der Waals surface area contributed by atoms with Crippen LogP contribution in [0.3, 0.4) is 0 Å². The molecule has 2 aliphatic rings. The van der Waals surface area contributed by atoms with Crippen molar-refractivity contribution in [1.82, 2.24) is 40.4 Å². The number of nitrogens with one attached hydrogen (secondary N) is 4. The molecule has 300 valence electrons. The molecule has 0 aliphatic carbocycles. The summed E-state index contributed by atoms with van der Waals surface area (Å²) in [5, 5.41) is 7.60. The van der Waals surface area contributed by atoms with Gasteiger partial charge in [-0.05, 0) is 78.1 Å². The number of imidazole rings is 2. The van der Waals surface area contributed by atoms with E-state index in [0.717, 1.165) is 80.4 Å². The maximum absolute atomic E-state index is 13.6. The molecular weight excluding hydrogens is 745 g/mol. The number of thiophene rings is 1. The van der Waals surface area contributed by atoms with E-state index in [9.17, 15) is 19.2 Å². The molecule has 2 aliphatic heterocycles. The minimum absolute atomic E-state index is 0.104. The highest BCUT2D eigenvalue weighted by Crippen LogP contribution is 2.38. The van der Waals surface area contributed by atoms with Crippen molar-refractivity contribution >= 4 is 46.1 Å². The number of alkyl carbamates (subject to hydrolysis) is 2. The van der Waals surface area contributed by atoms with Crippen LogP contribution in [-0.4, -0.2) is 93.1 Å². The smallest absolute Gasteiger partial charge is 0.407 e. The van der Waals surface area contributed by atoms with E-state index in [1.807, 2.05) is 49.9 Å². The number of rotatable bonds is 11. The molecule has 0 spiro atoms. The zero-order valence-corrected chi connectivity index (χ0v) is 33.9. The summed E-state index contributed by atoms with van der Waals surface area (Å²) in [4.78, 5) is 73.3. The Morgan fingerprint density at radius 2 is 1.16 bits per heavy atom. The number of amides is 4. The normalized spacial score (nSPS) is 18.0. The Kier molecular flexibility index (Phi) is 11.7. The molecule has 2 fully saturated rings. The van der Waals surface area contributed by atoms with E-state index < -0.39 is 24.3 Å². The lowest BCUT2D eigenvalue weighted by Gasteiger charge is -2.30. The van der Waals surface area contributed by atoms with Gasteiger partial charge in [-0.3, -0.25) is 9.59 Å². The molecule has 7 rings (SSSR count). The molecule has 14 nitrogen and oxygen atoms in total. The zero-order valence-electron chi connectivity index (χ0n) is 33.1. The molecule has 57 heavy (non-hydrogen) atoms. The molecule has 0 saturated carbocycles. The van der Waals surface area contributed by atoms with Crippen LogP contribution in [0.5, 0.6) is 0 Å². The van der Waals surface area contributed by atoms with E-state index in [4.69, 9.17) is 19.4 Å². The minimum Gasteiger partial charge on any atom is -0.453 e. The molecule has 2 aromatic carbocycles. The van der Waals surface area contributed by atoms with Crippen LogP contribution in [0.4, 0.5) is 9.59 Å². The lowest BCUT2D eigenvalue weighted by atomic mass is 10.0. The number of fused-ring (bicyclic) bond motifs is 1. The van der Waals surface area contributed by atoms with Crippen molar-refractivity contribution < 1.29 is 28.7 Å². The van der Waals surface area contributed by atoms with Crippen molar-refractivity contribution in [3.63, 3.8) is 0 Å². The second kappa shape index (κ2) is 16.8. The molecule has 5 aromatic rings. The fraction of sp³-hybridized carbons (Fsp3) is 0.429. The van der Waals surface area contributed by atoms with Gasteiger partial charge in [-0.2, -0.15) is 0 Å². The van der Waals surface area contributed by atoms with Crippen LogP contribution in [0.25, 0.3) is 43.0 Å². The molecule has 4 atom stereocenters. The predicted octanol–water partition coefficient (Wildman–Crippen LogP) is 7.44. The summed E-state index contributed by atoms with van der Waals surface area (Å²) in [7, 11) is 2.58. The number of hydrogen-bond acceptors (Lipinski definition) is 9. The van der Waals surface area contributed by atoms with E-state index in [0.29, 0.717) is 13.1 Å². The van der Waals surface area contributed by atoms with E-state index >= 15 is 0 Å². The van der Waals surface area contributed by atoms with Crippen LogP contribution in [0.15, 0.2) is 60.9 Å². The molecule has 3 aromatic heterocycles. The first kappa shape index (κ1) is 39.5. The van der Waals surface area contributed by atoms with Crippen LogP contribution < -0.4 is 10.6 Å². The van der Waals surface area contributed by atoms with Gasteiger partial charge < -0.3 is 39.9 Å². The molecule has 0 radical (unpaired) electrons. The molecule has 2 saturated heterocycles. The highest BCUT2D eigenvalue weighted by Gasteiger charge is 2.39. The number of hydrogen-bond donors (Lipinski definition) is 4. The first-order chi connectivity index (χ1) is 27.4. The van der Waals surface area contributed by atoms with Crippen molar-refractivity contribution in [2.75, 3.05) is 27.3 Å². The number of methoxy groups -OCH3 is 2. The summed E-state index contributed by atoms with van der Waals surface area (Å²) in [6.07, 6.45) is 5.67. The first-order valence-corrected chi connectivity index (χ1v) is 20.3. The number of aromatic amines is 2.